The fourth-order valence-electron chi connectivity index (χ4n) is 1.51. The molecule has 0 aliphatic rings. The van der Waals surface area contributed by atoms with Gasteiger partial charge in [-0.3, -0.25) is 0 Å². The van der Waals surface area contributed by atoms with Crippen molar-refractivity contribution in [1.82, 2.24) is 24.8 Å². The molecule has 0 aliphatic heterocycles. The van der Waals surface area contributed by atoms with Crippen molar-refractivity contribution in [3.63, 3.8) is 0 Å². The Bertz CT molecular complexity index is 838. The molecule has 3 aromatic heterocycles. The van der Waals surface area contributed by atoms with Gasteiger partial charge in [0.25, 0.3) is 5.19 Å². The maximum atomic E-state index is 11.9. The Hall–Kier alpha value is -1.94. The van der Waals surface area contributed by atoms with Gasteiger partial charge >= 0.3 is 5.69 Å². The predicted molar refractivity (Wildman–Crippen MR) is 73.0 cm³/mol. The summed E-state index contributed by atoms with van der Waals surface area (Å²) in [6.07, 6.45) is 1.53. The number of halogens is 1. The number of furan rings is 1. The van der Waals surface area contributed by atoms with Gasteiger partial charge in [-0.15, -0.1) is 0 Å². The van der Waals surface area contributed by atoms with Crippen LogP contribution in [0.3, 0.4) is 0 Å². The van der Waals surface area contributed by atoms with Crippen molar-refractivity contribution in [2.75, 3.05) is 0 Å². The zero-order valence-corrected chi connectivity index (χ0v) is 12.5. The number of aromatic nitrogens is 5. The molecule has 0 unspecified atom stereocenters. The number of nitrogens with zero attached hydrogens (tertiary/aromatic N) is 5. The molecule has 3 aromatic rings. The second-order valence-electron chi connectivity index (χ2n) is 3.70. The van der Waals surface area contributed by atoms with E-state index in [1.165, 1.54) is 24.6 Å². The topological polar surface area (TPSA) is 88.0 Å². The van der Waals surface area contributed by atoms with Crippen LogP contribution in [0.25, 0.3) is 5.69 Å². The second kappa shape index (κ2) is 5.21. The molecular formula is C10H8BrN5O3S. The van der Waals surface area contributed by atoms with Gasteiger partial charge in [0.05, 0.1) is 6.93 Å². The molecule has 0 radical (unpaired) electrons. The van der Waals surface area contributed by atoms with Crippen LogP contribution in [0.2, 0.25) is 0 Å². The number of thiazole rings is 1. The summed E-state index contributed by atoms with van der Waals surface area (Å²) in [5.41, 5.74) is 0.634. The molecule has 0 atom stereocenters. The van der Waals surface area contributed by atoms with Crippen molar-refractivity contribution in [3.05, 3.63) is 38.5 Å². The first-order chi connectivity index (χ1) is 10.1. The van der Waals surface area contributed by atoms with Crippen LogP contribution < -0.4 is 10.4 Å². The number of tetrazole rings is 1. The molecule has 0 N–H and O–H groups in total. The van der Waals surface area contributed by atoms with Crippen LogP contribution in [0.5, 0.6) is 5.19 Å². The van der Waals surface area contributed by atoms with Gasteiger partial charge < -0.3 is 9.15 Å². The quantitative estimate of drug-likeness (QED) is 0.698. The summed E-state index contributed by atoms with van der Waals surface area (Å²) >= 11 is 4.47. The van der Waals surface area contributed by atoms with Gasteiger partial charge in [-0.2, -0.15) is 9.36 Å². The number of ether oxygens (including phenoxy) is 1. The molecule has 0 saturated carbocycles. The van der Waals surface area contributed by atoms with Crippen molar-refractivity contribution in [1.29, 1.82) is 0 Å². The molecule has 0 amide bonds. The lowest BCUT2D eigenvalue weighted by Gasteiger charge is -2.03. The van der Waals surface area contributed by atoms with Crippen LogP contribution in [0.15, 0.2) is 31.7 Å². The molecule has 0 fully saturated rings. The fourth-order valence-corrected chi connectivity index (χ4v) is 2.36. The summed E-state index contributed by atoms with van der Waals surface area (Å²) in [6.45, 7) is 0.113. The minimum absolute atomic E-state index is 0.113. The average Bonchev–Trinajstić information content (AvgIpc) is 3.11. The van der Waals surface area contributed by atoms with Gasteiger partial charge in [-0.25, -0.2) is 9.78 Å². The molecule has 0 spiro atoms. The molecule has 8 nitrogen and oxygen atoms in total. The minimum Gasteiger partial charge on any atom is -0.465 e. The molecule has 0 aliphatic carbocycles. The second-order valence-corrected chi connectivity index (χ2v) is 5.24. The Morgan fingerprint density at radius 1 is 1.60 bits per heavy atom. The van der Waals surface area contributed by atoms with Gasteiger partial charge in [0, 0.05) is 18.6 Å². The SMILES string of the molecule is [3H]c1csc(OCc2c(-n3nnn(C)c3=O)coc2Br)n1. The van der Waals surface area contributed by atoms with Crippen molar-refractivity contribution >= 4 is 27.3 Å². The summed E-state index contributed by atoms with van der Waals surface area (Å²) in [5, 5.41) is 9.33. The fraction of sp³-hybridized carbons (Fsp3) is 0.200. The molecule has 3 heterocycles. The summed E-state index contributed by atoms with van der Waals surface area (Å²) in [5.74, 6) is 0. The van der Waals surface area contributed by atoms with E-state index in [0.717, 1.165) is 9.36 Å². The van der Waals surface area contributed by atoms with E-state index < -0.39 is 5.69 Å². The first-order valence-corrected chi connectivity index (χ1v) is 7.03. The third-order valence-corrected chi connectivity index (χ3v) is 3.78. The van der Waals surface area contributed by atoms with Crippen LogP contribution in [0.4, 0.5) is 0 Å². The Kier molecular flexibility index (Phi) is 3.09. The molecule has 0 bridgehead atoms. The lowest BCUT2D eigenvalue weighted by molar-refractivity contribution is 0.301. The highest BCUT2D eigenvalue weighted by Gasteiger charge is 2.18. The minimum atomic E-state index is -0.396. The van der Waals surface area contributed by atoms with Gasteiger partial charge in [0.15, 0.2) is 4.67 Å². The molecule has 3 rings (SSSR count). The third kappa shape index (κ3) is 2.27. The highest BCUT2D eigenvalue weighted by Crippen LogP contribution is 2.27. The van der Waals surface area contributed by atoms with Gasteiger partial charge in [0.1, 0.15) is 18.6 Å². The molecule has 104 valence electrons. The number of rotatable bonds is 4. The maximum absolute atomic E-state index is 11.9. The zero-order chi connectivity index (χ0) is 15.0. The van der Waals surface area contributed by atoms with E-state index in [1.54, 1.807) is 5.38 Å². The number of hydrogen-bond acceptors (Lipinski definition) is 7. The third-order valence-electron chi connectivity index (χ3n) is 2.48. The first kappa shape index (κ1) is 11.9. The monoisotopic (exact) mass is 359 g/mol. The molecule has 20 heavy (non-hydrogen) atoms. The van der Waals surface area contributed by atoms with Crippen molar-refractivity contribution < 1.29 is 10.5 Å². The van der Waals surface area contributed by atoms with E-state index in [0.29, 0.717) is 21.1 Å². The average molecular weight is 360 g/mol. The van der Waals surface area contributed by atoms with Crippen LogP contribution in [0.1, 0.15) is 6.93 Å². The van der Waals surface area contributed by atoms with Gasteiger partial charge in [0.2, 0.25) is 0 Å². The van der Waals surface area contributed by atoms with Crippen LogP contribution in [-0.2, 0) is 13.7 Å². The Balaban J connectivity index is 1.90. The Morgan fingerprint density at radius 2 is 2.45 bits per heavy atom. The van der Waals surface area contributed by atoms with Gasteiger partial charge in [-0.1, -0.05) is 11.3 Å². The maximum Gasteiger partial charge on any atom is 0.368 e. The normalized spacial score (nSPS) is 11.6. The van der Waals surface area contributed by atoms with Crippen molar-refractivity contribution in [2.24, 2.45) is 7.05 Å². The van der Waals surface area contributed by atoms with E-state index in [9.17, 15) is 4.79 Å². The number of aryl methyl sites for hydroxylation is 1. The van der Waals surface area contributed by atoms with Crippen molar-refractivity contribution in [3.8, 4) is 10.9 Å². The lowest BCUT2D eigenvalue weighted by atomic mass is 10.3. The smallest absolute Gasteiger partial charge is 0.368 e. The lowest BCUT2D eigenvalue weighted by Crippen LogP contribution is -2.22. The summed E-state index contributed by atoms with van der Waals surface area (Å²) in [4.78, 5) is 15.8. The largest absolute Gasteiger partial charge is 0.465 e. The molecular weight excluding hydrogens is 350 g/mol. The van der Waals surface area contributed by atoms with Gasteiger partial charge in [-0.05, 0) is 26.4 Å². The molecule has 10 heteroatoms. The Labute approximate surface area is 126 Å². The molecule has 0 saturated heterocycles. The first-order valence-electron chi connectivity index (χ1n) is 5.86. The Morgan fingerprint density at radius 3 is 3.10 bits per heavy atom. The van der Waals surface area contributed by atoms with Crippen LogP contribution in [0, 0.1) is 0 Å². The predicted octanol–water partition coefficient (Wildman–Crippen LogP) is 1.36. The van der Waals surface area contributed by atoms with E-state index in [2.05, 4.69) is 31.3 Å². The van der Waals surface area contributed by atoms with E-state index in [1.807, 2.05) is 0 Å². The van der Waals surface area contributed by atoms with Crippen molar-refractivity contribution in [2.45, 2.75) is 6.61 Å². The zero-order valence-electron chi connectivity index (χ0n) is 11.1. The standard InChI is InChI=1S/C10H8BrN5O3S/c1-15-10(17)16(14-13-15)7-5-18-8(11)6(7)4-19-9-12-2-3-20-9/h2-3,5H,4H2,1H3/i2T. The highest BCUT2D eigenvalue weighted by atomic mass is 79.9. The van der Waals surface area contributed by atoms with E-state index in [-0.39, 0.29) is 12.8 Å². The summed E-state index contributed by atoms with van der Waals surface area (Å²) in [7, 11) is 1.50. The van der Waals surface area contributed by atoms with Crippen LogP contribution >= 0.6 is 27.3 Å². The molecule has 0 aromatic carbocycles. The highest BCUT2D eigenvalue weighted by molar-refractivity contribution is 9.10. The van der Waals surface area contributed by atoms with E-state index in [4.69, 9.17) is 10.5 Å². The number of hydrogen-bond donors (Lipinski definition) is 0. The summed E-state index contributed by atoms with van der Waals surface area (Å²) < 4.78 is 20.7. The van der Waals surface area contributed by atoms with E-state index >= 15 is 0 Å². The van der Waals surface area contributed by atoms with Crippen LogP contribution in [-0.4, -0.2) is 24.8 Å². The summed E-state index contributed by atoms with van der Waals surface area (Å²) in [6, 6.07) is 0.